The van der Waals surface area contributed by atoms with Gasteiger partial charge in [-0.2, -0.15) is 0 Å². The zero-order valence-electron chi connectivity index (χ0n) is 19.0. The molecule has 3 aromatic carbocycles. The maximum atomic E-state index is 14.0. The van der Waals surface area contributed by atoms with E-state index < -0.39 is 16.1 Å². The Labute approximate surface area is 199 Å². The highest BCUT2D eigenvalue weighted by molar-refractivity contribution is 7.93. The second-order valence-corrected chi connectivity index (χ2v) is 9.24. The molecule has 0 heterocycles. The van der Waals surface area contributed by atoms with Crippen molar-refractivity contribution in [2.45, 2.75) is 17.9 Å². The number of methoxy groups -OCH3 is 4. The van der Waals surface area contributed by atoms with Gasteiger partial charge in [0, 0.05) is 11.6 Å². The fourth-order valence-corrected chi connectivity index (χ4v) is 5.71. The zero-order chi connectivity index (χ0) is 24.2. The van der Waals surface area contributed by atoms with Gasteiger partial charge < -0.3 is 18.9 Å². The van der Waals surface area contributed by atoms with Gasteiger partial charge in [0.25, 0.3) is 10.0 Å². The number of sulfonamides is 1. The molecule has 0 bridgehead atoms. The third-order valence-corrected chi connectivity index (χ3v) is 7.63. The maximum absolute atomic E-state index is 14.0. The van der Waals surface area contributed by atoms with E-state index in [-0.39, 0.29) is 9.92 Å². The predicted molar refractivity (Wildman–Crippen MR) is 129 cm³/mol. The molecule has 0 saturated carbocycles. The molecule has 0 spiro atoms. The van der Waals surface area contributed by atoms with Gasteiger partial charge in [0.15, 0.2) is 11.5 Å². The largest absolute Gasteiger partial charge is 0.497 e. The van der Waals surface area contributed by atoms with Crippen LogP contribution < -0.4 is 23.3 Å². The van der Waals surface area contributed by atoms with Gasteiger partial charge >= 0.3 is 0 Å². The van der Waals surface area contributed by atoms with E-state index in [9.17, 15) is 8.42 Å². The van der Waals surface area contributed by atoms with Crippen molar-refractivity contribution in [1.29, 1.82) is 0 Å². The van der Waals surface area contributed by atoms with Crippen LogP contribution in [0.2, 0.25) is 5.02 Å². The van der Waals surface area contributed by atoms with Crippen molar-refractivity contribution in [3.63, 3.8) is 0 Å². The Balaban J connectivity index is 2.28. The lowest BCUT2D eigenvalue weighted by molar-refractivity contribution is 0.355. The molecule has 3 rings (SSSR count). The van der Waals surface area contributed by atoms with Gasteiger partial charge in [-0.25, -0.2) is 8.42 Å². The smallest absolute Gasteiger partial charge is 0.266 e. The SMILES string of the molecule is COc1ccc(OC)c([C@H](C)N(c2ccc(OC)c(OC)c2)S(=O)(=O)c2ccccc2Cl)c1. The standard InChI is InChI=1S/C24H26ClNO6S/c1-16(19-15-18(29-2)11-13-21(19)30-3)26(17-10-12-22(31-4)23(14-17)32-5)33(27,28)24-9-7-6-8-20(24)25/h6-16H,1-5H3/t16-/m0/s1. The van der Waals surface area contributed by atoms with E-state index in [2.05, 4.69) is 0 Å². The summed E-state index contributed by atoms with van der Waals surface area (Å²) in [6.07, 6.45) is 0. The Morgan fingerprint density at radius 3 is 2.03 bits per heavy atom. The fourth-order valence-electron chi connectivity index (χ4n) is 3.58. The summed E-state index contributed by atoms with van der Waals surface area (Å²) in [6, 6.07) is 15.8. The Hall–Kier alpha value is -3.10. The monoisotopic (exact) mass is 491 g/mol. The Bertz CT molecular complexity index is 1230. The lowest BCUT2D eigenvalue weighted by atomic mass is 10.1. The molecule has 0 saturated heterocycles. The molecule has 0 unspecified atom stereocenters. The minimum absolute atomic E-state index is 0.0184. The van der Waals surface area contributed by atoms with Gasteiger partial charge in [-0.3, -0.25) is 4.31 Å². The molecular weight excluding hydrogens is 466 g/mol. The van der Waals surface area contributed by atoms with Crippen LogP contribution in [0.4, 0.5) is 5.69 Å². The van der Waals surface area contributed by atoms with E-state index in [1.807, 2.05) is 0 Å². The summed E-state index contributed by atoms with van der Waals surface area (Å²) in [5, 5.41) is 0.118. The van der Waals surface area contributed by atoms with Crippen molar-refractivity contribution in [2.75, 3.05) is 32.7 Å². The third-order valence-electron chi connectivity index (χ3n) is 5.23. The van der Waals surface area contributed by atoms with Crippen molar-refractivity contribution >= 4 is 27.3 Å². The molecule has 7 nitrogen and oxygen atoms in total. The lowest BCUT2D eigenvalue weighted by Crippen LogP contribution is -2.34. The van der Waals surface area contributed by atoms with Crippen molar-refractivity contribution in [3.8, 4) is 23.0 Å². The molecule has 1 atom stereocenters. The molecule has 0 aromatic heterocycles. The third kappa shape index (κ3) is 4.82. The summed E-state index contributed by atoms with van der Waals surface area (Å²) in [6.45, 7) is 1.77. The fraction of sp³-hybridized carbons (Fsp3) is 0.250. The van der Waals surface area contributed by atoms with Crippen molar-refractivity contribution in [3.05, 3.63) is 71.2 Å². The van der Waals surface area contributed by atoms with Crippen LogP contribution in [0.15, 0.2) is 65.6 Å². The number of ether oxygens (including phenoxy) is 4. The van der Waals surface area contributed by atoms with E-state index in [1.54, 1.807) is 62.6 Å². The summed E-state index contributed by atoms with van der Waals surface area (Å²) in [7, 11) is 1.96. The molecular formula is C24H26ClNO6S. The molecule has 0 fully saturated rings. The topological polar surface area (TPSA) is 74.3 Å². The number of nitrogens with zero attached hydrogens (tertiary/aromatic N) is 1. The summed E-state index contributed by atoms with van der Waals surface area (Å²) in [4.78, 5) is -0.0184. The predicted octanol–water partition coefficient (Wildman–Crippen LogP) is 5.33. The number of benzene rings is 3. The highest BCUT2D eigenvalue weighted by Gasteiger charge is 2.34. The lowest BCUT2D eigenvalue weighted by Gasteiger charge is -2.32. The summed E-state index contributed by atoms with van der Waals surface area (Å²) >= 11 is 6.31. The minimum Gasteiger partial charge on any atom is -0.497 e. The molecule has 176 valence electrons. The number of hydrogen-bond acceptors (Lipinski definition) is 6. The molecule has 0 aliphatic carbocycles. The van der Waals surface area contributed by atoms with Gasteiger partial charge in [0.1, 0.15) is 16.4 Å². The van der Waals surface area contributed by atoms with E-state index in [1.165, 1.54) is 37.8 Å². The quantitative estimate of drug-likeness (QED) is 0.402. The number of halogens is 1. The molecule has 33 heavy (non-hydrogen) atoms. The van der Waals surface area contributed by atoms with Gasteiger partial charge in [-0.05, 0) is 49.4 Å². The Morgan fingerprint density at radius 2 is 1.42 bits per heavy atom. The van der Waals surface area contributed by atoms with Gasteiger partial charge in [-0.15, -0.1) is 0 Å². The van der Waals surface area contributed by atoms with Gasteiger partial charge in [-0.1, -0.05) is 23.7 Å². The number of hydrogen-bond donors (Lipinski definition) is 0. The van der Waals surface area contributed by atoms with Crippen LogP contribution in [0.1, 0.15) is 18.5 Å². The summed E-state index contributed by atoms with van der Waals surface area (Å²) in [5.41, 5.74) is 0.979. The molecule has 0 N–H and O–H groups in total. The average molecular weight is 492 g/mol. The Kier molecular flexibility index (Phi) is 7.61. The Morgan fingerprint density at radius 1 is 0.788 bits per heavy atom. The van der Waals surface area contributed by atoms with Crippen molar-refractivity contribution in [1.82, 2.24) is 0 Å². The van der Waals surface area contributed by atoms with Crippen LogP contribution >= 0.6 is 11.6 Å². The first-order valence-corrected chi connectivity index (χ1v) is 11.8. The first-order valence-electron chi connectivity index (χ1n) is 10.0. The van der Waals surface area contributed by atoms with E-state index in [0.717, 1.165) is 0 Å². The first kappa shape index (κ1) is 24.5. The highest BCUT2D eigenvalue weighted by Crippen LogP contribution is 2.42. The highest BCUT2D eigenvalue weighted by atomic mass is 35.5. The second-order valence-electron chi connectivity index (χ2n) is 7.05. The summed E-state index contributed by atoms with van der Waals surface area (Å²) < 4.78 is 50.9. The van der Waals surface area contributed by atoms with E-state index in [4.69, 9.17) is 30.5 Å². The number of rotatable bonds is 9. The van der Waals surface area contributed by atoms with Crippen LogP contribution in [-0.2, 0) is 10.0 Å². The zero-order valence-corrected chi connectivity index (χ0v) is 20.6. The molecule has 3 aromatic rings. The number of anilines is 1. The van der Waals surface area contributed by atoms with E-state index >= 15 is 0 Å². The molecule has 9 heteroatoms. The van der Waals surface area contributed by atoms with Crippen molar-refractivity contribution < 1.29 is 27.4 Å². The van der Waals surface area contributed by atoms with E-state index in [0.29, 0.717) is 34.2 Å². The average Bonchev–Trinajstić information content (AvgIpc) is 2.83. The van der Waals surface area contributed by atoms with Crippen LogP contribution in [0.3, 0.4) is 0 Å². The normalized spacial score (nSPS) is 12.1. The first-order chi connectivity index (χ1) is 15.8. The van der Waals surface area contributed by atoms with Gasteiger partial charge in [0.2, 0.25) is 0 Å². The van der Waals surface area contributed by atoms with Crippen LogP contribution in [0, 0.1) is 0 Å². The minimum atomic E-state index is -4.11. The van der Waals surface area contributed by atoms with Crippen LogP contribution in [0.5, 0.6) is 23.0 Å². The molecule has 0 amide bonds. The molecule has 0 radical (unpaired) electrons. The maximum Gasteiger partial charge on any atom is 0.266 e. The molecule has 0 aliphatic heterocycles. The second kappa shape index (κ2) is 10.2. The van der Waals surface area contributed by atoms with Crippen LogP contribution in [-0.4, -0.2) is 36.9 Å². The van der Waals surface area contributed by atoms with Crippen molar-refractivity contribution in [2.24, 2.45) is 0 Å². The van der Waals surface area contributed by atoms with Gasteiger partial charge in [0.05, 0.1) is 45.2 Å². The molecule has 0 aliphatic rings. The summed E-state index contributed by atoms with van der Waals surface area (Å²) in [5.74, 6) is 1.95. The van der Waals surface area contributed by atoms with Crippen LogP contribution in [0.25, 0.3) is 0 Å².